The maximum absolute atomic E-state index is 5.92. The molecule has 0 saturated carbocycles. The molecule has 0 bridgehead atoms. The molecule has 0 radical (unpaired) electrons. The first-order valence-corrected chi connectivity index (χ1v) is 6.55. The van der Waals surface area contributed by atoms with E-state index in [1.165, 1.54) is 16.5 Å². The van der Waals surface area contributed by atoms with Crippen molar-refractivity contribution in [2.24, 2.45) is 0 Å². The van der Waals surface area contributed by atoms with Gasteiger partial charge in [0.1, 0.15) is 5.15 Å². The van der Waals surface area contributed by atoms with Gasteiger partial charge < -0.3 is 0 Å². The Morgan fingerprint density at radius 3 is 2.84 bits per heavy atom. The van der Waals surface area contributed by atoms with Gasteiger partial charge in [0.15, 0.2) is 0 Å². The number of fused-ring (bicyclic) bond motifs is 1. The van der Waals surface area contributed by atoms with E-state index < -0.39 is 0 Å². The Labute approximate surface area is 117 Å². The van der Waals surface area contributed by atoms with Crippen LogP contribution in [0.5, 0.6) is 0 Å². The van der Waals surface area contributed by atoms with Gasteiger partial charge in [0, 0.05) is 17.8 Å². The highest BCUT2D eigenvalue weighted by atomic mass is 35.5. The zero-order chi connectivity index (χ0) is 13.2. The minimum absolute atomic E-state index is 0.529. The third-order valence-electron chi connectivity index (χ3n) is 3.12. The average molecular weight is 269 g/mol. The Kier molecular flexibility index (Phi) is 3.18. The van der Waals surface area contributed by atoms with E-state index in [1.807, 2.05) is 18.3 Å². The van der Waals surface area contributed by atoms with Gasteiger partial charge in [-0.1, -0.05) is 29.8 Å². The van der Waals surface area contributed by atoms with Crippen LogP contribution in [0.25, 0.3) is 10.9 Å². The summed E-state index contributed by atoms with van der Waals surface area (Å²) in [6, 6.07) is 12.3. The molecule has 3 aromatic rings. The zero-order valence-electron chi connectivity index (χ0n) is 10.6. The molecule has 2 heterocycles. The van der Waals surface area contributed by atoms with Gasteiger partial charge in [-0.2, -0.15) is 0 Å². The van der Waals surface area contributed by atoms with Crippen molar-refractivity contribution in [1.29, 1.82) is 0 Å². The highest BCUT2D eigenvalue weighted by Gasteiger charge is 2.04. The van der Waals surface area contributed by atoms with Gasteiger partial charge in [-0.15, -0.1) is 0 Å². The average Bonchev–Trinajstić information content (AvgIpc) is 2.38. The van der Waals surface area contributed by atoms with Gasteiger partial charge in [-0.25, -0.2) is 4.98 Å². The lowest BCUT2D eigenvalue weighted by molar-refractivity contribution is 1.16. The number of benzene rings is 1. The number of hydrogen-bond donors (Lipinski definition) is 0. The number of aryl methyl sites for hydroxylation is 1. The van der Waals surface area contributed by atoms with Crippen molar-refractivity contribution in [3.63, 3.8) is 0 Å². The smallest absolute Gasteiger partial charge is 0.129 e. The molecule has 0 spiro atoms. The van der Waals surface area contributed by atoms with E-state index in [9.17, 15) is 0 Å². The van der Waals surface area contributed by atoms with Crippen LogP contribution in [0.15, 0.2) is 48.8 Å². The van der Waals surface area contributed by atoms with Crippen LogP contribution in [-0.2, 0) is 6.42 Å². The van der Waals surface area contributed by atoms with Crippen LogP contribution in [0.1, 0.15) is 16.7 Å². The first kappa shape index (κ1) is 12.1. The third kappa shape index (κ3) is 2.59. The number of hydrogen-bond acceptors (Lipinski definition) is 2. The topological polar surface area (TPSA) is 25.8 Å². The molecule has 0 atom stereocenters. The molecule has 0 aliphatic carbocycles. The maximum Gasteiger partial charge on any atom is 0.129 e. The van der Waals surface area contributed by atoms with E-state index in [-0.39, 0.29) is 0 Å². The Morgan fingerprint density at radius 1 is 1.11 bits per heavy atom. The number of aromatic nitrogens is 2. The molecule has 94 valence electrons. The van der Waals surface area contributed by atoms with Crippen LogP contribution in [-0.4, -0.2) is 9.97 Å². The first-order valence-electron chi connectivity index (χ1n) is 6.17. The first-order chi connectivity index (χ1) is 9.22. The van der Waals surface area contributed by atoms with Crippen molar-refractivity contribution in [2.75, 3.05) is 0 Å². The van der Waals surface area contributed by atoms with E-state index in [1.54, 1.807) is 6.20 Å². The van der Waals surface area contributed by atoms with E-state index in [0.717, 1.165) is 17.5 Å². The number of pyridine rings is 2. The van der Waals surface area contributed by atoms with Gasteiger partial charge in [-0.05, 0) is 48.2 Å². The number of halogens is 1. The fourth-order valence-electron chi connectivity index (χ4n) is 2.25. The van der Waals surface area contributed by atoms with Gasteiger partial charge >= 0.3 is 0 Å². The second kappa shape index (κ2) is 4.98. The van der Waals surface area contributed by atoms with Gasteiger partial charge in [0.2, 0.25) is 0 Å². The second-order valence-electron chi connectivity index (χ2n) is 4.67. The maximum atomic E-state index is 5.92. The molecular weight excluding hydrogens is 256 g/mol. The van der Waals surface area contributed by atoms with Crippen molar-refractivity contribution in [3.8, 4) is 0 Å². The Bertz CT molecular complexity index is 738. The van der Waals surface area contributed by atoms with Gasteiger partial charge in [-0.3, -0.25) is 4.98 Å². The largest absolute Gasteiger partial charge is 0.256 e. The lowest BCUT2D eigenvalue weighted by Crippen LogP contribution is -1.93. The standard InChI is InChI=1S/C16H13ClN2/c1-11-7-13-3-2-4-14(16(13)19-10-11)8-12-5-6-18-15(17)9-12/h2-7,9-10H,8H2,1H3. The quantitative estimate of drug-likeness (QED) is 0.652. The lowest BCUT2D eigenvalue weighted by Gasteiger charge is -2.07. The molecule has 0 amide bonds. The number of rotatable bonds is 2. The highest BCUT2D eigenvalue weighted by Crippen LogP contribution is 2.21. The van der Waals surface area contributed by atoms with Gasteiger partial charge in [0.05, 0.1) is 5.52 Å². The molecule has 0 unspecified atom stereocenters. The molecule has 0 aliphatic heterocycles. The SMILES string of the molecule is Cc1cnc2c(Cc3ccnc(Cl)c3)cccc2c1. The van der Waals surface area contributed by atoms with Crippen LogP contribution < -0.4 is 0 Å². The summed E-state index contributed by atoms with van der Waals surface area (Å²) in [6.07, 6.45) is 4.46. The lowest BCUT2D eigenvalue weighted by atomic mass is 10.0. The third-order valence-corrected chi connectivity index (χ3v) is 3.32. The van der Waals surface area contributed by atoms with E-state index in [2.05, 4.69) is 41.2 Å². The van der Waals surface area contributed by atoms with Crippen molar-refractivity contribution in [2.45, 2.75) is 13.3 Å². The summed E-state index contributed by atoms with van der Waals surface area (Å²) < 4.78 is 0. The van der Waals surface area contributed by atoms with E-state index >= 15 is 0 Å². The normalized spacial score (nSPS) is 10.8. The van der Waals surface area contributed by atoms with Crippen molar-refractivity contribution in [3.05, 3.63) is 70.6 Å². The van der Waals surface area contributed by atoms with Crippen LogP contribution in [0.4, 0.5) is 0 Å². The summed E-state index contributed by atoms with van der Waals surface area (Å²) in [4.78, 5) is 8.56. The molecule has 3 rings (SSSR count). The molecule has 2 nitrogen and oxygen atoms in total. The molecule has 0 saturated heterocycles. The highest BCUT2D eigenvalue weighted by molar-refractivity contribution is 6.29. The fourth-order valence-corrected chi connectivity index (χ4v) is 2.45. The molecule has 0 aliphatic rings. The van der Waals surface area contributed by atoms with Crippen LogP contribution >= 0.6 is 11.6 Å². The van der Waals surface area contributed by atoms with Crippen molar-refractivity contribution in [1.82, 2.24) is 9.97 Å². The second-order valence-corrected chi connectivity index (χ2v) is 5.05. The molecule has 3 heteroatoms. The van der Waals surface area contributed by atoms with Gasteiger partial charge in [0.25, 0.3) is 0 Å². The summed E-state index contributed by atoms with van der Waals surface area (Å²) in [6.45, 7) is 2.06. The minimum Gasteiger partial charge on any atom is -0.256 e. The Hall–Kier alpha value is -1.93. The van der Waals surface area contributed by atoms with Crippen LogP contribution in [0.3, 0.4) is 0 Å². The van der Waals surface area contributed by atoms with Crippen molar-refractivity contribution < 1.29 is 0 Å². The molecular formula is C16H13ClN2. The molecule has 2 aromatic heterocycles. The Balaban J connectivity index is 2.06. The summed E-state index contributed by atoms with van der Waals surface area (Å²) in [5.41, 5.74) is 4.59. The Morgan fingerprint density at radius 2 is 2.00 bits per heavy atom. The van der Waals surface area contributed by atoms with Crippen molar-refractivity contribution >= 4 is 22.5 Å². The number of para-hydroxylation sites is 1. The molecule has 1 aromatic carbocycles. The summed E-state index contributed by atoms with van der Waals surface area (Å²) in [5.74, 6) is 0. The minimum atomic E-state index is 0.529. The zero-order valence-corrected chi connectivity index (χ0v) is 11.4. The molecule has 19 heavy (non-hydrogen) atoms. The van der Waals surface area contributed by atoms with E-state index in [4.69, 9.17) is 11.6 Å². The van der Waals surface area contributed by atoms with E-state index in [0.29, 0.717) is 5.15 Å². The summed E-state index contributed by atoms with van der Waals surface area (Å²) in [7, 11) is 0. The van der Waals surface area contributed by atoms with Crippen LogP contribution in [0, 0.1) is 6.92 Å². The fraction of sp³-hybridized carbons (Fsp3) is 0.125. The molecule has 0 fully saturated rings. The predicted octanol–water partition coefficient (Wildman–Crippen LogP) is 4.18. The number of nitrogens with zero attached hydrogens (tertiary/aromatic N) is 2. The summed E-state index contributed by atoms with van der Waals surface area (Å²) in [5, 5.41) is 1.71. The predicted molar refractivity (Wildman–Crippen MR) is 78.5 cm³/mol. The summed E-state index contributed by atoms with van der Waals surface area (Å²) >= 11 is 5.92. The molecule has 0 N–H and O–H groups in total. The van der Waals surface area contributed by atoms with Crippen LogP contribution in [0.2, 0.25) is 5.15 Å². The monoisotopic (exact) mass is 268 g/mol.